The Balaban J connectivity index is 1.80. The third-order valence-corrected chi connectivity index (χ3v) is 5.66. The van der Waals surface area contributed by atoms with Gasteiger partial charge in [-0.25, -0.2) is 4.68 Å². The zero-order valence-electron chi connectivity index (χ0n) is 17.4. The van der Waals surface area contributed by atoms with Gasteiger partial charge in [-0.1, -0.05) is 18.2 Å². The fraction of sp³-hybridized carbons (Fsp3) is 0.364. The molecule has 1 aliphatic rings. The molecule has 1 aromatic heterocycles. The Morgan fingerprint density at radius 3 is 2.45 bits per heavy atom. The molecule has 4 rings (SSSR count). The van der Waals surface area contributed by atoms with Crippen LogP contribution in [0.25, 0.3) is 0 Å². The molecule has 0 saturated heterocycles. The average Bonchev–Trinajstić information content (AvgIpc) is 3.22. The molecule has 2 aromatic carbocycles. The number of nitrogens with zero attached hydrogens (tertiary/aromatic N) is 3. The molecule has 152 valence electrons. The highest BCUT2D eigenvalue weighted by Crippen LogP contribution is 2.46. The first-order valence-electron chi connectivity index (χ1n) is 9.59. The Kier molecular flexibility index (Phi) is 5.05. The first kappa shape index (κ1) is 19.1. The van der Waals surface area contributed by atoms with Gasteiger partial charge in [-0.2, -0.15) is 10.1 Å². The number of hydrogen-bond acceptors (Lipinski definition) is 6. The molecule has 0 fully saturated rings. The van der Waals surface area contributed by atoms with Crippen molar-refractivity contribution in [3.8, 4) is 17.2 Å². The summed E-state index contributed by atoms with van der Waals surface area (Å²) in [5.74, 6) is 2.60. The van der Waals surface area contributed by atoms with E-state index in [-0.39, 0.29) is 12.1 Å². The lowest BCUT2D eigenvalue weighted by molar-refractivity contribution is 0.315. The summed E-state index contributed by atoms with van der Waals surface area (Å²) in [5, 5.41) is 7.98. The van der Waals surface area contributed by atoms with E-state index >= 15 is 0 Å². The number of aryl methyl sites for hydroxylation is 2. The number of benzene rings is 2. The van der Waals surface area contributed by atoms with E-state index in [4.69, 9.17) is 14.2 Å². The summed E-state index contributed by atoms with van der Waals surface area (Å²) in [5.41, 5.74) is 4.77. The van der Waals surface area contributed by atoms with Gasteiger partial charge >= 0.3 is 0 Å². The van der Waals surface area contributed by atoms with Gasteiger partial charge in [-0.15, -0.1) is 0 Å². The van der Waals surface area contributed by atoms with Crippen molar-refractivity contribution in [3.05, 3.63) is 58.9 Å². The minimum atomic E-state index is -0.0601. The number of aromatic nitrogens is 3. The van der Waals surface area contributed by atoms with E-state index in [0.29, 0.717) is 17.2 Å². The van der Waals surface area contributed by atoms with Crippen LogP contribution in [0, 0.1) is 13.8 Å². The minimum Gasteiger partial charge on any atom is -0.493 e. The summed E-state index contributed by atoms with van der Waals surface area (Å²) < 4.78 is 18.7. The van der Waals surface area contributed by atoms with E-state index in [2.05, 4.69) is 47.4 Å². The van der Waals surface area contributed by atoms with Crippen molar-refractivity contribution in [1.29, 1.82) is 0 Å². The number of nitrogens with one attached hydrogen (secondary N) is 1. The molecule has 1 N–H and O–H groups in total. The predicted molar refractivity (Wildman–Crippen MR) is 111 cm³/mol. The van der Waals surface area contributed by atoms with Crippen LogP contribution in [-0.2, 0) is 0 Å². The number of methoxy groups -OCH3 is 3. The highest BCUT2D eigenvalue weighted by atomic mass is 16.5. The van der Waals surface area contributed by atoms with Gasteiger partial charge < -0.3 is 19.5 Å². The Labute approximate surface area is 170 Å². The molecule has 0 unspecified atom stereocenters. The molecule has 0 amide bonds. The number of ether oxygens (including phenoxy) is 3. The first-order valence-corrected chi connectivity index (χ1v) is 9.59. The Bertz CT molecular complexity index is 1030. The van der Waals surface area contributed by atoms with E-state index in [1.165, 1.54) is 16.7 Å². The lowest BCUT2D eigenvalue weighted by Crippen LogP contribution is -2.28. The quantitative estimate of drug-likeness (QED) is 0.704. The topological polar surface area (TPSA) is 70.4 Å². The largest absolute Gasteiger partial charge is 0.493 e. The first-order chi connectivity index (χ1) is 14.1. The second-order valence-corrected chi connectivity index (χ2v) is 7.24. The van der Waals surface area contributed by atoms with Crippen molar-refractivity contribution in [1.82, 2.24) is 14.8 Å². The van der Waals surface area contributed by atoms with E-state index in [0.717, 1.165) is 17.9 Å². The summed E-state index contributed by atoms with van der Waals surface area (Å²) in [6, 6.07) is 10.5. The standard InChI is InChI=1S/C22H26N4O3/c1-13-6-7-15(10-14(13)2)17-11-18(26-22(25-17)23-12-24-26)16-8-9-19(27-3)21(29-5)20(16)28-4/h6-10,12,17-18H,11H2,1-5H3,(H,23,24,25)/t17-,18-/m1/s1. The maximum atomic E-state index is 5.74. The van der Waals surface area contributed by atoms with Crippen molar-refractivity contribution < 1.29 is 14.2 Å². The SMILES string of the molecule is COc1ccc([C@H]2C[C@H](c3ccc(C)c(C)c3)Nc3ncnn32)c(OC)c1OC. The molecule has 2 atom stereocenters. The van der Waals surface area contributed by atoms with Crippen molar-refractivity contribution >= 4 is 5.95 Å². The van der Waals surface area contributed by atoms with Crippen molar-refractivity contribution in [2.75, 3.05) is 26.6 Å². The van der Waals surface area contributed by atoms with Gasteiger partial charge in [0, 0.05) is 5.56 Å². The molecule has 3 aromatic rings. The van der Waals surface area contributed by atoms with Crippen molar-refractivity contribution in [2.45, 2.75) is 32.4 Å². The zero-order valence-corrected chi connectivity index (χ0v) is 17.4. The van der Waals surface area contributed by atoms with Crippen LogP contribution >= 0.6 is 0 Å². The van der Waals surface area contributed by atoms with Crippen LogP contribution in [0.5, 0.6) is 17.2 Å². The summed E-state index contributed by atoms with van der Waals surface area (Å²) in [4.78, 5) is 4.42. The molecule has 0 saturated carbocycles. The molecule has 2 heterocycles. The van der Waals surface area contributed by atoms with Crippen molar-refractivity contribution in [2.24, 2.45) is 0 Å². The molecular formula is C22H26N4O3. The summed E-state index contributed by atoms with van der Waals surface area (Å²) in [6.45, 7) is 4.26. The Morgan fingerprint density at radius 2 is 1.76 bits per heavy atom. The van der Waals surface area contributed by atoms with Crippen molar-refractivity contribution in [3.63, 3.8) is 0 Å². The third kappa shape index (κ3) is 3.26. The molecule has 7 heteroatoms. The normalized spacial score (nSPS) is 18.0. The van der Waals surface area contributed by atoms with Crippen LogP contribution in [-0.4, -0.2) is 36.1 Å². The summed E-state index contributed by atoms with van der Waals surface area (Å²) >= 11 is 0. The van der Waals surface area contributed by atoms with Gasteiger partial charge in [0.2, 0.25) is 11.7 Å². The maximum Gasteiger partial charge on any atom is 0.222 e. The highest BCUT2D eigenvalue weighted by Gasteiger charge is 2.33. The fourth-order valence-electron chi connectivity index (χ4n) is 3.97. The molecule has 1 aliphatic heterocycles. The minimum absolute atomic E-state index is 0.0601. The van der Waals surface area contributed by atoms with Crippen LogP contribution in [0.3, 0.4) is 0 Å². The van der Waals surface area contributed by atoms with Crippen LogP contribution in [0.2, 0.25) is 0 Å². The van der Waals surface area contributed by atoms with Crippen LogP contribution < -0.4 is 19.5 Å². The summed E-state index contributed by atoms with van der Waals surface area (Å²) in [7, 11) is 4.88. The maximum absolute atomic E-state index is 5.74. The van der Waals surface area contributed by atoms with E-state index in [1.807, 2.05) is 16.8 Å². The van der Waals surface area contributed by atoms with Gasteiger partial charge in [0.05, 0.1) is 33.4 Å². The van der Waals surface area contributed by atoms with Gasteiger partial charge in [0.1, 0.15) is 6.33 Å². The van der Waals surface area contributed by atoms with E-state index in [1.54, 1.807) is 27.7 Å². The second-order valence-electron chi connectivity index (χ2n) is 7.24. The predicted octanol–water partition coefficient (Wildman–Crippen LogP) is 4.07. The zero-order chi connectivity index (χ0) is 20.5. The van der Waals surface area contributed by atoms with Gasteiger partial charge in [-0.05, 0) is 49.1 Å². The van der Waals surface area contributed by atoms with Crippen LogP contribution in [0.1, 0.15) is 40.8 Å². The van der Waals surface area contributed by atoms with Gasteiger partial charge in [-0.3, -0.25) is 0 Å². The smallest absolute Gasteiger partial charge is 0.222 e. The second kappa shape index (κ2) is 7.66. The lowest BCUT2D eigenvalue weighted by Gasteiger charge is -2.33. The lowest BCUT2D eigenvalue weighted by atomic mass is 9.91. The monoisotopic (exact) mass is 394 g/mol. The average molecular weight is 394 g/mol. The Hall–Kier alpha value is -3.22. The van der Waals surface area contributed by atoms with Gasteiger partial charge in [0.15, 0.2) is 11.5 Å². The Morgan fingerprint density at radius 1 is 0.966 bits per heavy atom. The number of hydrogen-bond donors (Lipinski definition) is 1. The molecule has 0 radical (unpaired) electrons. The number of anilines is 1. The van der Waals surface area contributed by atoms with Crippen LogP contribution in [0.4, 0.5) is 5.95 Å². The molecule has 0 aliphatic carbocycles. The van der Waals surface area contributed by atoms with Gasteiger partial charge in [0.25, 0.3) is 0 Å². The van der Waals surface area contributed by atoms with E-state index in [9.17, 15) is 0 Å². The highest BCUT2D eigenvalue weighted by molar-refractivity contribution is 5.57. The molecule has 0 bridgehead atoms. The van der Waals surface area contributed by atoms with Crippen LogP contribution in [0.15, 0.2) is 36.7 Å². The molecule has 7 nitrogen and oxygen atoms in total. The van der Waals surface area contributed by atoms with E-state index < -0.39 is 0 Å². The number of fused-ring (bicyclic) bond motifs is 1. The molecule has 29 heavy (non-hydrogen) atoms. The fourth-order valence-corrected chi connectivity index (χ4v) is 3.97. The number of rotatable bonds is 5. The molecular weight excluding hydrogens is 368 g/mol. The molecule has 0 spiro atoms. The third-order valence-electron chi connectivity index (χ3n) is 5.66. The summed E-state index contributed by atoms with van der Waals surface area (Å²) in [6.07, 6.45) is 2.37.